The minimum atomic E-state index is -1.84. The van der Waals surface area contributed by atoms with Crippen molar-refractivity contribution in [3.05, 3.63) is 0 Å². The Balaban J connectivity index is 2.70. The molecular weight excluding hydrogens is 156 g/mol. The van der Waals surface area contributed by atoms with Crippen molar-refractivity contribution in [3.63, 3.8) is 0 Å². The first-order valence-corrected chi connectivity index (χ1v) is 3.08. The molecule has 0 amide bonds. The number of hydrogen-bond acceptors (Lipinski definition) is 1. The van der Waals surface area contributed by atoms with Crippen LogP contribution in [-0.4, -0.2) is 18.0 Å². The Morgan fingerprint density at radius 3 is 3.29 bits per heavy atom. The van der Waals surface area contributed by atoms with E-state index in [2.05, 4.69) is 15.9 Å². The van der Waals surface area contributed by atoms with E-state index in [9.17, 15) is 0 Å². The van der Waals surface area contributed by atoms with Crippen LogP contribution in [0.15, 0.2) is 0 Å². The molecule has 0 saturated carbocycles. The minimum absolute atomic E-state index is 0.416. The molecule has 0 aliphatic carbocycles. The van der Waals surface area contributed by atoms with Crippen LogP contribution in [0.2, 0.25) is 0 Å². The van der Waals surface area contributed by atoms with Crippen molar-refractivity contribution in [2.24, 2.45) is 0 Å². The predicted octanol–water partition coefficient (Wildman–Crippen LogP) is 1.56. The zero-order valence-corrected chi connectivity index (χ0v) is 5.49. The van der Waals surface area contributed by atoms with Crippen molar-refractivity contribution in [1.82, 2.24) is 0 Å². The molecule has 42 valence electrons. The fourth-order valence-corrected chi connectivity index (χ4v) is 0.875. The van der Waals surface area contributed by atoms with Crippen molar-refractivity contribution >= 4 is 15.9 Å². The van der Waals surface area contributed by atoms with Gasteiger partial charge in [0.1, 0.15) is 0 Å². The summed E-state index contributed by atoms with van der Waals surface area (Å²) in [6, 6.07) is 0. The highest BCUT2D eigenvalue weighted by Gasteiger charge is 2.07. The molecule has 0 radical (unpaired) electrons. The van der Waals surface area contributed by atoms with Gasteiger partial charge in [0, 0.05) is 12.8 Å². The molecular formula is C5H9BrO. The van der Waals surface area contributed by atoms with Crippen LogP contribution in [0.1, 0.15) is 17.0 Å². The summed E-state index contributed by atoms with van der Waals surface area (Å²) in [4.78, 5) is -1.25. The molecule has 2 heteroatoms. The monoisotopic (exact) mass is 167 g/mol. The quantitative estimate of drug-likeness (QED) is 0.498. The fraction of sp³-hybridized carbons (Fsp3) is 1.00. The summed E-state index contributed by atoms with van der Waals surface area (Å²) in [5.41, 5.74) is 0. The molecule has 1 saturated heterocycles. The first kappa shape index (κ1) is 2.83. The Morgan fingerprint density at radius 2 is 2.86 bits per heavy atom. The average molecular weight is 168 g/mol. The van der Waals surface area contributed by atoms with Crippen LogP contribution >= 0.6 is 15.9 Å². The van der Waals surface area contributed by atoms with Gasteiger partial charge in [0.15, 0.2) is 0 Å². The highest BCUT2D eigenvalue weighted by molar-refractivity contribution is 9.09. The molecule has 7 heavy (non-hydrogen) atoms. The van der Waals surface area contributed by atoms with Crippen molar-refractivity contribution in [1.29, 1.82) is 0 Å². The van der Waals surface area contributed by atoms with Gasteiger partial charge in [-0.3, -0.25) is 0 Å². The Hall–Kier alpha value is 0.440. The molecule has 1 aliphatic rings. The standard InChI is InChI=1S/C5H9BrO/c6-5-2-1-3-7-4-5/h5H,1-4H2/i4D2,5D. The molecule has 0 bridgehead atoms. The summed E-state index contributed by atoms with van der Waals surface area (Å²) in [6.45, 7) is -1.43. The summed E-state index contributed by atoms with van der Waals surface area (Å²) >= 11 is 2.98. The topological polar surface area (TPSA) is 9.23 Å². The molecule has 1 fully saturated rings. The number of alkyl halides is 1. The molecule has 0 aromatic heterocycles. The third-order valence-electron chi connectivity index (χ3n) is 0.826. The lowest BCUT2D eigenvalue weighted by Crippen LogP contribution is -2.15. The van der Waals surface area contributed by atoms with E-state index in [1.807, 2.05) is 0 Å². The third-order valence-corrected chi connectivity index (χ3v) is 1.38. The molecule has 0 spiro atoms. The Labute approximate surface area is 56.4 Å². The van der Waals surface area contributed by atoms with E-state index in [1.165, 1.54) is 0 Å². The first-order chi connectivity index (χ1) is 4.46. The Bertz CT molecular complexity index is 121. The fourth-order valence-electron chi connectivity index (χ4n) is 0.480. The second-order valence-corrected chi connectivity index (χ2v) is 2.42. The summed E-state index contributed by atoms with van der Waals surface area (Å²) in [5.74, 6) is 0. The molecule has 1 nitrogen and oxygen atoms in total. The van der Waals surface area contributed by atoms with Gasteiger partial charge >= 0.3 is 0 Å². The summed E-state index contributed by atoms with van der Waals surface area (Å²) in [7, 11) is 0. The van der Waals surface area contributed by atoms with E-state index in [0.717, 1.165) is 6.42 Å². The van der Waals surface area contributed by atoms with Crippen LogP contribution < -0.4 is 0 Å². The average Bonchev–Trinajstić information content (AvgIpc) is 1.77. The minimum Gasteiger partial charge on any atom is -0.380 e. The summed E-state index contributed by atoms with van der Waals surface area (Å²) in [6.07, 6.45) is 1.24. The number of rotatable bonds is 0. The Kier molecular flexibility index (Phi) is 1.08. The molecule has 1 unspecified atom stereocenters. The number of halogens is 1. The Morgan fingerprint density at radius 1 is 2.00 bits per heavy atom. The van der Waals surface area contributed by atoms with Crippen molar-refractivity contribution in [3.8, 4) is 0 Å². The smallest absolute Gasteiger partial charge is 0.0591 e. The van der Waals surface area contributed by atoms with E-state index in [-0.39, 0.29) is 0 Å². The van der Waals surface area contributed by atoms with E-state index in [0.29, 0.717) is 13.0 Å². The second-order valence-electron chi connectivity index (χ2n) is 1.46. The van der Waals surface area contributed by atoms with Gasteiger partial charge in [0.05, 0.1) is 9.30 Å². The highest BCUT2D eigenvalue weighted by atomic mass is 79.9. The van der Waals surface area contributed by atoms with Crippen LogP contribution in [0, 0.1) is 0 Å². The number of hydrogen-bond donors (Lipinski definition) is 0. The van der Waals surface area contributed by atoms with E-state index in [4.69, 9.17) is 8.85 Å². The van der Waals surface area contributed by atoms with Gasteiger partial charge < -0.3 is 4.74 Å². The van der Waals surface area contributed by atoms with Crippen molar-refractivity contribution in [2.75, 3.05) is 13.2 Å². The highest BCUT2D eigenvalue weighted by Crippen LogP contribution is 2.12. The number of ether oxygens (including phenoxy) is 1. The van der Waals surface area contributed by atoms with Crippen molar-refractivity contribution < 1.29 is 8.85 Å². The van der Waals surface area contributed by atoms with Crippen LogP contribution in [0.5, 0.6) is 0 Å². The first-order valence-electron chi connectivity index (χ1n) is 3.79. The zero-order valence-electron chi connectivity index (χ0n) is 6.91. The molecule has 0 N–H and O–H groups in total. The van der Waals surface area contributed by atoms with Crippen LogP contribution in [0.25, 0.3) is 0 Å². The maximum atomic E-state index is 7.45. The SMILES string of the molecule is [2H]C1(Br)CCCOC1([2H])[2H]. The van der Waals surface area contributed by atoms with Crippen molar-refractivity contribution in [2.45, 2.75) is 17.6 Å². The lowest BCUT2D eigenvalue weighted by molar-refractivity contribution is 0.103. The second kappa shape index (κ2) is 2.68. The van der Waals surface area contributed by atoms with Crippen LogP contribution in [-0.2, 0) is 4.74 Å². The van der Waals surface area contributed by atoms with Gasteiger partial charge in [-0.2, -0.15) is 0 Å². The summed E-state index contributed by atoms with van der Waals surface area (Å²) in [5, 5.41) is 0. The predicted molar refractivity (Wildman–Crippen MR) is 32.8 cm³/mol. The molecule has 1 heterocycles. The van der Waals surface area contributed by atoms with Gasteiger partial charge in [0.25, 0.3) is 0 Å². The molecule has 1 rings (SSSR count). The lowest BCUT2D eigenvalue weighted by Gasteiger charge is -2.15. The normalized spacial score (nSPS) is 57.0. The molecule has 1 atom stereocenters. The third kappa shape index (κ3) is 1.78. The van der Waals surface area contributed by atoms with Gasteiger partial charge in [0.2, 0.25) is 0 Å². The molecule has 0 aromatic carbocycles. The van der Waals surface area contributed by atoms with Gasteiger partial charge in [-0.05, 0) is 12.8 Å². The van der Waals surface area contributed by atoms with E-state index < -0.39 is 11.4 Å². The maximum absolute atomic E-state index is 7.45. The zero-order chi connectivity index (χ0) is 7.83. The molecule has 0 aromatic rings. The van der Waals surface area contributed by atoms with E-state index >= 15 is 0 Å². The summed E-state index contributed by atoms with van der Waals surface area (Å²) < 4.78 is 26.7. The lowest BCUT2D eigenvalue weighted by atomic mass is 10.2. The van der Waals surface area contributed by atoms with E-state index in [1.54, 1.807) is 0 Å². The van der Waals surface area contributed by atoms with Gasteiger partial charge in [-0.1, -0.05) is 15.9 Å². The van der Waals surface area contributed by atoms with Gasteiger partial charge in [-0.25, -0.2) is 0 Å². The maximum Gasteiger partial charge on any atom is 0.0591 e. The largest absolute Gasteiger partial charge is 0.380 e. The molecule has 1 aliphatic heterocycles. The van der Waals surface area contributed by atoms with Crippen LogP contribution in [0.3, 0.4) is 0 Å². The van der Waals surface area contributed by atoms with Gasteiger partial charge in [-0.15, -0.1) is 0 Å². The van der Waals surface area contributed by atoms with Crippen LogP contribution in [0.4, 0.5) is 0 Å².